The maximum atomic E-state index is 13.5. The van der Waals surface area contributed by atoms with Crippen LogP contribution in [-0.2, 0) is 36.9 Å². The highest BCUT2D eigenvalue weighted by Gasteiger charge is 2.40. The molecule has 4 N–H and O–H groups in total. The van der Waals surface area contributed by atoms with Crippen LogP contribution in [0.25, 0.3) is 11.3 Å². The molecule has 0 spiro atoms. The minimum atomic E-state index is -0.680. The molecular weight excluding hydrogens is 905 g/mol. The average Bonchev–Trinajstić information content (AvgIpc) is 4.08. The first-order chi connectivity index (χ1) is 33.2. The number of hydrogen-bond donors (Lipinski definition) is 3. The number of anilines is 1. The highest BCUT2D eigenvalue weighted by Crippen LogP contribution is 2.40. The normalized spacial score (nSPS) is 17.8. The van der Waals surface area contributed by atoms with Gasteiger partial charge in [0.2, 0.25) is 11.8 Å². The maximum absolute atomic E-state index is 13.5. The van der Waals surface area contributed by atoms with Crippen molar-refractivity contribution in [2.24, 2.45) is 11.7 Å². The summed E-state index contributed by atoms with van der Waals surface area (Å²) in [6.07, 6.45) is 4.50. The third-order valence-corrected chi connectivity index (χ3v) is 12.6. The number of fused-ring (bicyclic) bond motifs is 2. The molecule has 2 saturated heterocycles. The molecule has 69 heavy (non-hydrogen) atoms. The number of likely N-dealkylation sites (tertiary alicyclic amines) is 1. The van der Waals surface area contributed by atoms with E-state index in [2.05, 4.69) is 32.8 Å². The van der Waals surface area contributed by atoms with Gasteiger partial charge in [-0.05, 0) is 85.7 Å². The number of amides is 5. The van der Waals surface area contributed by atoms with E-state index in [1.54, 1.807) is 23.0 Å². The number of carbonyl (C=O) groups excluding carboxylic acids is 5. The zero-order valence-corrected chi connectivity index (χ0v) is 38.9. The van der Waals surface area contributed by atoms with Gasteiger partial charge >= 0.3 is 0 Å². The van der Waals surface area contributed by atoms with Crippen molar-refractivity contribution >= 4 is 48.8 Å². The smallest absolute Gasteiger partial charge is 0.276 e. The second kappa shape index (κ2) is 22.4. The number of hydrogen-bond acceptors (Lipinski definition) is 13. The summed E-state index contributed by atoms with van der Waals surface area (Å²) in [5.74, 6) is 6.59. The van der Waals surface area contributed by atoms with E-state index in [4.69, 9.17) is 29.8 Å². The molecule has 5 amide bonds. The second-order valence-corrected chi connectivity index (χ2v) is 16.9. The first-order valence-electron chi connectivity index (χ1n) is 22.9. The fourth-order valence-corrected chi connectivity index (χ4v) is 9.19. The van der Waals surface area contributed by atoms with Crippen molar-refractivity contribution in [2.75, 3.05) is 64.6 Å². The lowest BCUT2D eigenvalue weighted by molar-refractivity contribution is -0.136. The van der Waals surface area contributed by atoms with Gasteiger partial charge in [0.1, 0.15) is 41.2 Å². The lowest BCUT2D eigenvalue weighted by Gasteiger charge is -2.38. The molecule has 9 rings (SSSR count). The van der Waals surface area contributed by atoms with Gasteiger partial charge in [-0.1, -0.05) is 41.3 Å². The SMILES string of the molecule is NC(=O)c1c(-c2ccc(Oc3ccccc3)cc2)nn2c1NCC[C@H]2C1CCN(C(=O)c2cn(CCOCCOCCOCC#Cc3cccc4c3CN(C3CCC(=O)NC3=O)C4=O)nn2)CC1.S. The molecule has 1 unspecified atom stereocenters. The Labute approximate surface area is 405 Å². The number of para-hydroxylation sites is 1. The number of nitrogens with two attached hydrogens (primary N) is 1. The van der Waals surface area contributed by atoms with Crippen molar-refractivity contribution in [3.8, 4) is 34.6 Å². The molecule has 0 aliphatic carbocycles. The first kappa shape index (κ1) is 48.4. The summed E-state index contributed by atoms with van der Waals surface area (Å²) in [5, 5.41) is 19.0. The summed E-state index contributed by atoms with van der Waals surface area (Å²) in [6.45, 7) is 4.42. The molecule has 4 aliphatic rings. The van der Waals surface area contributed by atoms with Crippen LogP contribution in [0.5, 0.6) is 11.5 Å². The molecule has 6 heterocycles. The van der Waals surface area contributed by atoms with Gasteiger partial charge in [-0.3, -0.25) is 29.3 Å². The molecule has 2 fully saturated rings. The number of ether oxygens (including phenoxy) is 4. The second-order valence-electron chi connectivity index (χ2n) is 16.9. The largest absolute Gasteiger partial charge is 0.457 e. The molecule has 0 radical (unpaired) electrons. The molecule has 2 aromatic heterocycles. The van der Waals surface area contributed by atoms with Crippen LogP contribution >= 0.6 is 13.5 Å². The molecule has 4 aliphatic heterocycles. The number of piperidine rings is 2. The van der Waals surface area contributed by atoms with E-state index in [-0.39, 0.29) is 68.4 Å². The summed E-state index contributed by atoms with van der Waals surface area (Å²) < 4.78 is 26.4. The molecular formula is C49H54N10O9S. The Kier molecular flexibility index (Phi) is 15.7. The van der Waals surface area contributed by atoms with Gasteiger partial charge in [0.25, 0.3) is 17.7 Å². The Bertz CT molecular complexity index is 2730. The zero-order valence-electron chi connectivity index (χ0n) is 37.9. The molecule has 2 atom stereocenters. The summed E-state index contributed by atoms with van der Waals surface area (Å²) >= 11 is 0. The van der Waals surface area contributed by atoms with Gasteiger partial charge in [-0.15, -0.1) is 5.10 Å². The lowest BCUT2D eigenvalue weighted by Crippen LogP contribution is -2.52. The number of nitrogens with zero attached hydrogens (tertiary/aromatic N) is 7. The van der Waals surface area contributed by atoms with Crippen LogP contribution in [0.2, 0.25) is 0 Å². The molecule has 3 aromatic carbocycles. The zero-order chi connectivity index (χ0) is 47.0. The number of primary amides is 1. The van der Waals surface area contributed by atoms with Gasteiger partial charge in [0, 0.05) is 49.3 Å². The highest BCUT2D eigenvalue weighted by atomic mass is 32.1. The van der Waals surface area contributed by atoms with Crippen molar-refractivity contribution in [2.45, 2.75) is 57.3 Å². The Balaban J connectivity index is 0.00000642. The summed E-state index contributed by atoms with van der Waals surface area (Å²) in [4.78, 5) is 66.6. The molecule has 5 aromatic rings. The topological polar surface area (TPSA) is 227 Å². The van der Waals surface area contributed by atoms with Crippen molar-refractivity contribution < 1.29 is 42.9 Å². The fourth-order valence-electron chi connectivity index (χ4n) is 9.19. The van der Waals surface area contributed by atoms with E-state index >= 15 is 0 Å². The maximum Gasteiger partial charge on any atom is 0.276 e. The van der Waals surface area contributed by atoms with Crippen molar-refractivity contribution in [3.63, 3.8) is 0 Å². The van der Waals surface area contributed by atoms with Gasteiger partial charge < -0.3 is 39.8 Å². The van der Waals surface area contributed by atoms with E-state index in [0.717, 1.165) is 36.1 Å². The van der Waals surface area contributed by atoms with E-state index in [1.807, 2.05) is 70.2 Å². The predicted molar refractivity (Wildman–Crippen MR) is 256 cm³/mol. The Hall–Kier alpha value is -7.05. The number of imide groups is 1. The molecule has 0 bridgehead atoms. The minimum absolute atomic E-state index is 0. The summed E-state index contributed by atoms with van der Waals surface area (Å²) in [5.41, 5.74) is 9.85. The van der Waals surface area contributed by atoms with Crippen molar-refractivity contribution in [1.82, 2.24) is 39.9 Å². The molecule has 19 nitrogen and oxygen atoms in total. The van der Waals surface area contributed by atoms with Gasteiger partial charge in [0.05, 0.1) is 51.8 Å². The van der Waals surface area contributed by atoms with Gasteiger partial charge in [0.15, 0.2) is 5.69 Å². The average molecular weight is 959 g/mol. The number of carbonyl (C=O) groups is 5. The lowest BCUT2D eigenvalue weighted by atomic mass is 9.86. The number of benzene rings is 3. The fraction of sp³-hybridized carbons (Fsp3) is 0.388. The van der Waals surface area contributed by atoms with Gasteiger partial charge in [-0.25, -0.2) is 9.36 Å². The van der Waals surface area contributed by atoms with Crippen LogP contribution in [0.15, 0.2) is 79.0 Å². The van der Waals surface area contributed by atoms with E-state index in [0.29, 0.717) is 99.6 Å². The first-order valence-corrected chi connectivity index (χ1v) is 22.9. The highest BCUT2D eigenvalue weighted by molar-refractivity contribution is 7.59. The Morgan fingerprint density at radius 3 is 2.33 bits per heavy atom. The standard InChI is InChI=1S/C49H52N10O9.H2S/c50-45(61)43-44(34-11-13-36(14-12-34)68-35-8-2-1-3-9-35)54-59-40(17-20-51-46(43)59)33-18-21-56(22-19-33)49(64)39-31-57(55-53-39)23-25-66-27-29-67-28-26-65-24-5-7-32-6-4-10-37-38(32)30-58(48(37)63)41-15-16-42(60)52-47(41)62;/h1-4,6,8-14,31,33,40-41,51H,15-30H2,(H2,50,61)(H,52,60,62);1H2/t40-,41?;/m0./s1. The number of nitrogens with one attached hydrogen (secondary N) is 2. The third-order valence-electron chi connectivity index (χ3n) is 12.6. The minimum Gasteiger partial charge on any atom is -0.457 e. The Morgan fingerprint density at radius 2 is 1.58 bits per heavy atom. The summed E-state index contributed by atoms with van der Waals surface area (Å²) in [7, 11) is 0. The predicted octanol–water partition coefficient (Wildman–Crippen LogP) is 3.92. The van der Waals surface area contributed by atoms with Crippen LogP contribution < -0.4 is 21.1 Å². The van der Waals surface area contributed by atoms with Crippen LogP contribution in [-0.4, -0.2) is 129 Å². The number of rotatable bonds is 17. The van der Waals surface area contributed by atoms with Gasteiger partial charge in [-0.2, -0.15) is 18.6 Å². The monoisotopic (exact) mass is 958 g/mol. The van der Waals surface area contributed by atoms with E-state index in [9.17, 15) is 24.0 Å². The number of aromatic nitrogens is 5. The van der Waals surface area contributed by atoms with Crippen LogP contribution in [0.1, 0.15) is 80.5 Å². The molecule has 0 saturated carbocycles. The molecule has 360 valence electrons. The van der Waals surface area contributed by atoms with E-state index < -0.39 is 17.9 Å². The van der Waals surface area contributed by atoms with Crippen LogP contribution in [0.3, 0.4) is 0 Å². The van der Waals surface area contributed by atoms with Crippen molar-refractivity contribution in [1.29, 1.82) is 0 Å². The van der Waals surface area contributed by atoms with Crippen molar-refractivity contribution in [3.05, 3.63) is 107 Å². The third kappa shape index (κ3) is 11.1. The quantitative estimate of drug-likeness (QED) is 0.0684. The van der Waals surface area contributed by atoms with E-state index in [1.165, 1.54) is 4.90 Å². The van der Waals surface area contributed by atoms with Crippen LogP contribution in [0, 0.1) is 17.8 Å². The summed E-state index contributed by atoms with van der Waals surface area (Å²) in [6, 6.07) is 21.6. The van der Waals surface area contributed by atoms with Crippen LogP contribution in [0.4, 0.5) is 5.82 Å². The molecule has 20 heteroatoms. The Morgan fingerprint density at radius 1 is 0.841 bits per heavy atom.